The van der Waals surface area contributed by atoms with Gasteiger partial charge in [-0.2, -0.15) is 0 Å². The Kier molecular flexibility index (Phi) is 10.0. The first kappa shape index (κ1) is 27.0. The minimum atomic E-state index is -0.0459. The summed E-state index contributed by atoms with van der Waals surface area (Å²) >= 11 is 0. The van der Waals surface area contributed by atoms with Gasteiger partial charge in [-0.1, -0.05) is 27.7 Å². The van der Waals surface area contributed by atoms with E-state index in [9.17, 15) is 9.59 Å². The molecular weight excluding hydrogens is 418 g/mol. The zero-order valence-electron chi connectivity index (χ0n) is 21.6. The Morgan fingerprint density at radius 2 is 1.85 bits per heavy atom. The van der Waals surface area contributed by atoms with Gasteiger partial charge >= 0.3 is 0 Å². The number of amides is 2. The van der Waals surface area contributed by atoms with Gasteiger partial charge in [0.1, 0.15) is 0 Å². The monoisotopic (exact) mass is 461 g/mol. The lowest BCUT2D eigenvalue weighted by Gasteiger charge is -2.33. The summed E-state index contributed by atoms with van der Waals surface area (Å²) in [5.41, 5.74) is 0.593. The number of methoxy groups -OCH3 is 1. The number of rotatable bonds is 11. The minimum absolute atomic E-state index is 0.0134. The van der Waals surface area contributed by atoms with Gasteiger partial charge in [0.2, 0.25) is 5.91 Å². The standard InChI is InChI=1S/C26H43N3O4/c1-19(2)12-15-33-22-9-8-21(16-23(22)32-7)25(31)29-13-10-20(11-14-29)24(30)27-17-26(3,4)18-28(5)6/h8-9,16,19-20H,10-15,17-18H2,1-7H3,(H,27,30). The van der Waals surface area contributed by atoms with Crippen LogP contribution in [0.25, 0.3) is 0 Å². The fourth-order valence-corrected chi connectivity index (χ4v) is 4.23. The lowest BCUT2D eigenvalue weighted by atomic mass is 9.91. The van der Waals surface area contributed by atoms with Crippen molar-refractivity contribution in [1.29, 1.82) is 0 Å². The molecule has 0 unspecified atom stereocenters. The number of ether oxygens (including phenoxy) is 2. The lowest BCUT2D eigenvalue weighted by molar-refractivity contribution is -0.126. The maximum absolute atomic E-state index is 13.0. The van der Waals surface area contributed by atoms with Crippen LogP contribution in [-0.4, -0.2) is 75.6 Å². The topological polar surface area (TPSA) is 71.1 Å². The molecule has 0 saturated carbocycles. The molecule has 186 valence electrons. The zero-order chi connectivity index (χ0) is 24.6. The van der Waals surface area contributed by atoms with Gasteiger partial charge in [0, 0.05) is 37.7 Å². The van der Waals surface area contributed by atoms with Gasteiger partial charge in [0.25, 0.3) is 5.91 Å². The highest BCUT2D eigenvalue weighted by Gasteiger charge is 2.29. The molecule has 2 amide bonds. The average Bonchev–Trinajstić information content (AvgIpc) is 2.76. The van der Waals surface area contributed by atoms with Crippen LogP contribution >= 0.6 is 0 Å². The van der Waals surface area contributed by atoms with E-state index < -0.39 is 0 Å². The minimum Gasteiger partial charge on any atom is -0.493 e. The molecule has 1 aromatic rings. The number of carbonyl (C=O) groups is 2. The molecule has 2 rings (SSSR count). The SMILES string of the molecule is COc1cc(C(=O)N2CCC(C(=O)NCC(C)(C)CN(C)C)CC2)ccc1OCCC(C)C. The number of hydrogen-bond donors (Lipinski definition) is 1. The molecule has 7 nitrogen and oxygen atoms in total. The van der Waals surface area contributed by atoms with Gasteiger partial charge in [0.15, 0.2) is 11.5 Å². The molecule has 1 heterocycles. The van der Waals surface area contributed by atoms with Crippen LogP contribution in [0, 0.1) is 17.3 Å². The van der Waals surface area contributed by atoms with Crippen molar-refractivity contribution < 1.29 is 19.1 Å². The van der Waals surface area contributed by atoms with Crippen LogP contribution in [0.5, 0.6) is 11.5 Å². The molecule has 1 N–H and O–H groups in total. The Balaban J connectivity index is 1.88. The molecule has 1 saturated heterocycles. The van der Waals surface area contributed by atoms with Gasteiger partial charge in [-0.3, -0.25) is 9.59 Å². The Morgan fingerprint density at radius 3 is 2.42 bits per heavy atom. The van der Waals surface area contributed by atoms with Crippen LogP contribution in [0.4, 0.5) is 0 Å². The first-order valence-corrected chi connectivity index (χ1v) is 12.0. The second-order valence-electron chi connectivity index (χ2n) is 10.6. The first-order valence-electron chi connectivity index (χ1n) is 12.0. The Hall–Kier alpha value is -2.28. The largest absolute Gasteiger partial charge is 0.493 e. The molecule has 1 aliphatic heterocycles. The van der Waals surface area contributed by atoms with Crippen LogP contribution in [0.15, 0.2) is 18.2 Å². The summed E-state index contributed by atoms with van der Waals surface area (Å²) < 4.78 is 11.3. The van der Waals surface area contributed by atoms with E-state index in [1.807, 2.05) is 25.1 Å². The molecular formula is C26H43N3O4. The fourth-order valence-electron chi connectivity index (χ4n) is 4.23. The number of nitrogens with zero attached hydrogens (tertiary/aromatic N) is 2. The van der Waals surface area contributed by atoms with Crippen molar-refractivity contribution in [3.63, 3.8) is 0 Å². The van der Waals surface area contributed by atoms with Crippen molar-refractivity contribution in [2.24, 2.45) is 17.3 Å². The molecule has 1 fully saturated rings. The van der Waals surface area contributed by atoms with Crippen LogP contribution < -0.4 is 14.8 Å². The van der Waals surface area contributed by atoms with E-state index in [-0.39, 0.29) is 23.1 Å². The predicted octanol–water partition coefficient (Wildman–Crippen LogP) is 3.68. The van der Waals surface area contributed by atoms with Crippen molar-refractivity contribution in [3.8, 4) is 11.5 Å². The molecule has 0 spiro atoms. The van der Waals surface area contributed by atoms with Gasteiger partial charge in [-0.05, 0) is 62.9 Å². The Morgan fingerprint density at radius 1 is 1.18 bits per heavy atom. The van der Waals surface area contributed by atoms with E-state index in [4.69, 9.17) is 9.47 Å². The van der Waals surface area contributed by atoms with Crippen molar-refractivity contribution in [2.45, 2.75) is 47.0 Å². The third-order valence-corrected chi connectivity index (χ3v) is 6.00. The predicted molar refractivity (Wildman–Crippen MR) is 132 cm³/mol. The molecule has 0 atom stereocenters. The molecule has 0 aromatic heterocycles. The van der Waals surface area contributed by atoms with E-state index in [0.717, 1.165) is 13.0 Å². The average molecular weight is 462 g/mol. The third-order valence-electron chi connectivity index (χ3n) is 6.00. The molecule has 33 heavy (non-hydrogen) atoms. The van der Waals surface area contributed by atoms with E-state index in [1.165, 1.54) is 0 Å². The van der Waals surface area contributed by atoms with Crippen LogP contribution in [0.2, 0.25) is 0 Å². The third kappa shape index (κ3) is 8.54. The fraction of sp³-hybridized carbons (Fsp3) is 0.692. The Labute approximate surface area is 199 Å². The summed E-state index contributed by atoms with van der Waals surface area (Å²) in [4.78, 5) is 29.7. The molecule has 0 bridgehead atoms. The number of piperidine rings is 1. The molecule has 1 aromatic carbocycles. The number of nitrogens with one attached hydrogen (secondary N) is 1. The van der Waals surface area contributed by atoms with E-state index in [1.54, 1.807) is 19.2 Å². The smallest absolute Gasteiger partial charge is 0.253 e. The van der Waals surface area contributed by atoms with E-state index in [2.05, 4.69) is 37.9 Å². The Bertz CT molecular complexity index is 784. The van der Waals surface area contributed by atoms with Gasteiger partial charge in [0.05, 0.1) is 13.7 Å². The highest BCUT2D eigenvalue weighted by atomic mass is 16.5. The second kappa shape index (κ2) is 12.3. The van der Waals surface area contributed by atoms with E-state index in [0.29, 0.717) is 62.1 Å². The highest BCUT2D eigenvalue weighted by molar-refractivity contribution is 5.95. The quantitative estimate of drug-likeness (QED) is 0.544. The maximum Gasteiger partial charge on any atom is 0.253 e. The second-order valence-corrected chi connectivity index (χ2v) is 10.6. The van der Waals surface area contributed by atoms with Gasteiger partial charge < -0.3 is 24.6 Å². The number of carbonyl (C=O) groups excluding carboxylic acids is 2. The number of benzene rings is 1. The van der Waals surface area contributed by atoms with Gasteiger partial charge in [-0.25, -0.2) is 0 Å². The summed E-state index contributed by atoms with van der Waals surface area (Å²) in [5, 5.41) is 3.12. The number of hydrogen-bond acceptors (Lipinski definition) is 5. The molecule has 7 heteroatoms. The highest BCUT2D eigenvalue weighted by Crippen LogP contribution is 2.30. The first-order chi connectivity index (χ1) is 15.5. The summed E-state index contributed by atoms with van der Waals surface area (Å²) in [7, 11) is 5.67. The normalized spacial score (nSPS) is 15.1. The van der Waals surface area contributed by atoms with Crippen LogP contribution in [-0.2, 0) is 4.79 Å². The van der Waals surface area contributed by atoms with Crippen molar-refractivity contribution in [3.05, 3.63) is 23.8 Å². The number of likely N-dealkylation sites (tertiary alicyclic amines) is 1. The summed E-state index contributed by atoms with van der Waals surface area (Å²) in [6, 6.07) is 5.35. The van der Waals surface area contributed by atoms with Crippen LogP contribution in [0.1, 0.15) is 57.3 Å². The summed E-state index contributed by atoms with van der Waals surface area (Å²) in [5.74, 6) is 1.80. The zero-order valence-corrected chi connectivity index (χ0v) is 21.6. The van der Waals surface area contributed by atoms with Crippen molar-refractivity contribution >= 4 is 11.8 Å². The molecule has 1 aliphatic rings. The summed E-state index contributed by atoms with van der Waals surface area (Å²) in [6.07, 6.45) is 2.32. The van der Waals surface area contributed by atoms with Crippen molar-refractivity contribution in [2.75, 3.05) is 54.0 Å². The van der Waals surface area contributed by atoms with Crippen LogP contribution in [0.3, 0.4) is 0 Å². The maximum atomic E-state index is 13.0. The lowest BCUT2D eigenvalue weighted by Crippen LogP contribution is -2.46. The van der Waals surface area contributed by atoms with E-state index >= 15 is 0 Å². The van der Waals surface area contributed by atoms with Gasteiger partial charge in [-0.15, -0.1) is 0 Å². The summed E-state index contributed by atoms with van der Waals surface area (Å²) in [6.45, 7) is 11.9. The molecule has 0 radical (unpaired) electrons. The molecule has 0 aliphatic carbocycles. The van der Waals surface area contributed by atoms with Crippen molar-refractivity contribution in [1.82, 2.24) is 15.1 Å².